The highest BCUT2D eigenvalue weighted by Gasteiger charge is 2.19. The molecule has 0 aliphatic rings. The molecule has 3 heterocycles. The summed E-state index contributed by atoms with van der Waals surface area (Å²) in [7, 11) is 0. The van der Waals surface area contributed by atoms with E-state index in [0.717, 1.165) is 37.7 Å². The molecule has 0 spiro atoms. The first-order chi connectivity index (χ1) is 12.5. The summed E-state index contributed by atoms with van der Waals surface area (Å²) in [6, 6.07) is 7.81. The first kappa shape index (κ1) is 17.0. The molecule has 3 aromatic heterocycles. The second kappa shape index (κ2) is 6.69. The maximum atomic E-state index is 12.7. The topological polar surface area (TPSA) is 84.7 Å². The van der Waals surface area contributed by atoms with Crippen LogP contribution in [-0.4, -0.2) is 31.7 Å². The Morgan fingerprint density at radius 2 is 2.04 bits per heavy atom. The number of aromatic nitrogens is 4. The number of nitrogens with one attached hydrogen (secondary N) is 1. The highest BCUT2D eigenvalue weighted by molar-refractivity contribution is 7.99. The Morgan fingerprint density at radius 1 is 1.23 bits per heavy atom. The minimum absolute atomic E-state index is 0.0366. The zero-order valence-corrected chi connectivity index (χ0v) is 16.1. The van der Waals surface area contributed by atoms with Crippen LogP contribution in [0.5, 0.6) is 0 Å². The van der Waals surface area contributed by atoms with Crippen molar-refractivity contribution in [1.82, 2.24) is 20.2 Å². The molecule has 0 aliphatic carbocycles. The maximum absolute atomic E-state index is 12.7. The molecule has 0 saturated heterocycles. The smallest absolute Gasteiger partial charge is 0.277 e. The van der Waals surface area contributed by atoms with Crippen LogP contribution >= 0.6 is 23.1 Å². The number of hydrogen-bond donors (Lipinski definition) is 1. The van der Waals surface area contributed by atoms with Crippen LogP contribution in [0.1, 0.15) is 26.8 Å². The Bertz CT molecular complexity index is 1110. The zero-order chi connectivity index (χ0) is 18.3. The third kappa shape index (κ3) is 3.06. The Labute approximate surface area is 158 Å². The number of para-hydroxylation sites is 1. The molecule has 0 unspecified atom stereocenters. The van der Waals surface area contributed by atoms with Crippen molar-refractivity contribution < 1.29 is 9.21 Å². The number of ketones is 1. The van der Waals surface area contributed by atoms with Gasteiger partial charge in [0.1, 0.15) is 4.88 Å². The van der Waals surface area contributed by atoms with Crippen LogP contribution in [0.2, 0.25) is 0 Å². The molecule has 0 radical (unpaired) electrons. The summed E-state index contributed by atoms with van der Waals surface area (Å²) in [4.78, 5) is 21.2. The normalized spacial score (nSPS) is 11.3. The van der Waals surface area contributed by atoms with Crippen LogP contribution in [-0.2, 0) is 0 Å². The van der Waals surface area contributed by atoms with Crippen molar-refractivity contribution in [2.24, 2.45) is 0 Å². The lowest BCUT2D eigenvalue weighted by molar-refractivity contribution is 0.102. The van der Waals surface area contributed by atoms with Gasteiger partial charge in [-0.3, -0.25) is 4.79 Å². The van der Waals surface area contributed by atoms with E-state index < -0.39 is 0 Å². The first-order valence-corrected chi connectivity index (χ1v) is 9.84. The Kier molecular flexibility index (Phi) is 4.37. The van der Waals surface area contributed by atoms with Crippen LogP contribution in [0.4, 0.5) is 0 Å². The molecule has 4 aromatic rings. The summed E-state index contributed by atoms with van der Waals surface area (Å²) < 4.78 is 5.70. The summed E-state index contributed by atoms with van der Waals surface area (Å²) in [6.07, 6.45) is 0. The standard InChI is InChI=1S/C18H16N4O2S2/c1-9-15(12-6-4-5-7-13(12)20-9)14(23)8-25-18-22-21-17(24-18)16-10(2)19-11(3)26-16/h4-7,20H,8H2,1-3H3. The van der Waals surface area contributed by atoms with Gasteiger partial charge in [0, 0.05) is 22.2 Å². The second-order valence-electron chi connectivity index (χ2n) is 5.90. The lowest BCUT2D eigenvalue weighted by Gasteiger charge is -1.99. The van der Waals surface area contributed by atoms with Crippen molar-refractivity contribution >= 4 is 39.8 Å². The van der Waals surface area contributed by atoms with Gasteiger partial charge in [0.25, 0.3) is 11.1 Å². The molecule has 132 valence electrons. The van der Waals surface area contributed by atoms with E-state index in [-0.39, 0.29) is 11.5 Å². The summed E-state index contributed by atoms with van der Waals surface area (Å²) >= 11 is 2.77. The summed E-state index contributed by atoms with van der Waals surface area (Å²) in [5.74, 6) is 0.728. The Balaban J connectivity index is 1.51. The van der Waals surface area contributed by atoms with E-state index in [1.807, 2.05) is 45.0 Å². The average molecular weight is 384 g/mol. The molecular weight excluding hydrogens is 368 g/mol. The molecule has 0 atom stereocenters. The van der Waals surface area contributed by atoms with E-state index in [1.165, 1.54) is 23.1 Å². The summed E-state index contributed by atoms with van der Waals surface area (Å²) in [5, 5.41) is 10.4. The molecule has 6 nitrogen and oxygen atoms in total. The van der Waals surface area contributed by atoms with E-state index in [4.69, 9.17) is 4.42 Å². The van der Waals surface area contributed by atoms with Gasteiger partial charge in [-0.15, -0.1) is 21.5 Å². The quantitative estimate of drug-likeness (QED) is 0.401. The number of thiazole rings is 1. The monoisotopic (exact) mass is 384 g/mol. The van der Waals surface area contributed by atoms with E-state index >= 15 is 0 Å². The molecule has 1 aromatic carbocycles. The molecule has 4 rings (SSSR count). The van der Waals surface area contributed by atoms with Crippen molar-refractivity contribution in [3.8, 4) is 10.8 Å². The fraction of sp³-hybridized carbons (Fsp3) is 0.222. The van der Waals surface area contributed by atoms with Crippen molar-refractivity contribution in [2.45, 2.75) is 26.0 Å². The third-order valence-electron chi connectivity index (χ3n) is 4.00. The number of aromatic amines is 1. The number of nitrogens with zero attached hydrogens (tertiary/aromatic N) is 3. The van der Waals surface area contributed by atoms with E-state index in [2.05, 4.69) is 20.2 Å². The molecule has 8 heteroatoms. The lowest BCUT2D eigenvalue weighted by Crippen LogP contribution is -2.03. The number of carbonyl (C=O) groups is 1. The van der Waals surface area contributed by atoms with Crippen LogP contribution in [0.15, 0.2) is 33.9 Å². The minimum Gasteiger partial charge on any atom is -0.410 e. The molecule has 26 heavy (non-hydrogen) atoms. The first-order valence-electron chi connectivity index (χ1n) is 8.04. The van der Waals surface area contributed by atoms with Gasteiger partial charge in [-0.1, -0.05) is 30.0 Å². The van der Waals surface area contributed by atoms with Gasteiger partial charge in [0.05, 0.1) is 16.5 Å². The van der Waals surface area contributed by atoms with E-state index in [0.29, 0.717) is 11.1 Å². The summed E-state index contributed by atoms with van der Waals surface area (Å²) in [6.45, 7) is 5.77. The van der Waals surface area contributed by atoms with Crippen molar-refractivity contribution in [3.63, 3.8) is 0 Å². The molecular formula is C18H16N4O2S2. The summed E-state index contributed by atoms with van der Waals surface area (Å²) in [5.41, 5.74) is 3.44. The molecule has 1 N–H and O–H groups in total. The molecule has 0 saturated carbocycles. The highest BCUT2D eigenvalue weighted by atomic mass is 32.2. The molecule has 0 aliphatic heterocycles. The number of Topliss-reactive ketones (excluding diaryl/α,β-unsaturated/α-hetero) is 1. The van der Waals surface area contributed by atoms with Crippen molar-refractivity contribution in [1.29, 1.82) is 0 Å². The predicted octanol–water partition coefficient (Wildman–Crippen LogP) is 4.57. The number of fused-ring (bicyclic) bond motifs is 1. The number of hydrogen-bond acceptors (Lipinski definition) is 7. The number of thioether (sulfide) groups is 1. The van der Waals surface area contributed by atoms with Gasteiger partial charge >= 0.3 is 0 Å². The van der Waals surface area contributed by atoms with E-state index in [9.17, 15) is 4.79 Å². The molecule has 0 fully saturated rings. The van der Waals surface area contributed by atoms with Crippen LogP contribution < -0.4 is 0 Å². The third-order valence-corrected chi connectivity index (χ3v) is 5.88. The van der Waals surface area contributed by atoms with Gasteiger partial charge in [0.15, 0.2) is 5.78 Å². The van der Waals surface area contributed by atoms with E-state index in [1.54, 1.807) is 0 Å². The highest BCUT2D eigenvalue weighted by Crippen LogP contribution is 2.31. The number of carbonyl (C=O) groups excluding carboxylic acids is 1. The average Bonchev–Trinajstić information content (AvgIpc) is 3.28. The van der Waals surface area contributed by atoms with Gasteiger partial charge < -0.3 is 9.40 Å². The maximum Gasteiger partial charge on any atom is 0.277 e. The number of H-pyrrole nitrogens is 1. The van der Waals surface area contributed by atoms with Gasteiger partial charge in [0.2, 0.25) is 0 Å². The Hall–Kier alpha value is -2.45. The predicted molar refractivity (Wildman–Crippen MR) is 103 cm³/mol. The number of aryl methyl sites for hydroxylation is 3. The van der Waals surface area contributed by atoms with Gasteiger partial charge in [-0.25, -0.2) is 4.98 Å². The van der Waals surface area contributed by atoms with Crippen LogP contribution in [0.25, 0.3) is 21.7 Å². The molecule has 0 amide bonds. The van der Waals surface area contributed by atoms with Crippen LogP contribution in [0.3, 0.4) is 0 Å². The van der Waals surface area contributed by atoms with Crippen LogP contribution in [0, 0.1) is 20.8 Å². The molecule has 0 bridgehead atoms. The van der Waals surface area contributed by atoms with Gasteiger partial charge in [-0.05, 0) is 26.8 Å². The van der Waals surface area contributed by atoms with Crippen molar-refractivity contribution in [2.75, 3.05) is 5.75 Å². The largest absolute Gasteiger partial charge is 0.410 e. The minimum atomic E-state index is 0.0366. The lowest BCUT2D eigenvalue weighted by atomic mass is 10.1. The van der Waals surface area contributed by atoms with Gasteiger partial charge in [-0.2, -0.15) is 0 Å². The van der Waals surface area contributed by atoms with Crippen molar-refractivity contribution in [3.05, 3.63) is 46.2 Å². The fourth-order valence-corrected chi connectivity index (χ4v) is 4.40. The zero-order valence-electron chi connectivity index (χ0n) is 14.5. The Morgan fingerprint density at radius 3 is 2.81 bits per heavy atom. The number of benzene rings is 1. The number of rotatable bonds is 5. The SMILES string of the molecule is Cc1nc(C)c(-c2nnc(SCC(=O)c3c(C)[nH]c4ccccc34)o2)s1. The fourth-order valence-electron chi connectivity index (χ4n) is 2.93. The second-order valence-corrected chi connectivity index (χ2v) is 8.03.